The minimum absolute atomic E-state index is 0.0437. The number of amides is 1. The van der Waals surface area contributed by atoms with E-state index < -0.39 is 5.97 Å². The molecule has 0 aliphatic rings. The number of fused-ring (bicyclic) bond motifs is 1. The van der Waals surface area contributed by atoms with Crippen LogP contribution in [0, 0.1) is 6.92 Å². The van der Waals surface area contributed by atoms with Crippen molar-refractivity contribution in [3.05, 3.63) is 65.4 Å². The summed E-state index contributed by atoms with van der Waals surface area (Å²) in [4.78, 5) is 27.0. The third kappa shape index (κ3) is 4.03. The smallest absolute Gasteiger partial charge is 0.342 e. The minimum atomic E-state index is -0.728. The fraction of sp³-hybridized carbons (Fsp3) is 0.200. The summed E-state index contributed by atoms with van der Waals surface area (Å²) in [5.41, 5.74) is 3.04. The van der Waals surface area contributed by atoms with E-state index in [-0.39, 0.29) is 23.8 Å². The van der Waals surface area contributed by atoms with Gasteiger partial charge in [0.05, 0.1) is 0 Å². The first kappa shape index (κ1) is 17.5. The number of para-hydroxylation sites is 1. The minimum Gasteiger partial charge on any atom is -0.507 e. The summed E-state index contributed by atoms with van der Waals surface area (Å²) in [6.07, 6.45) is 2.60. The van der Waals surface area contributed by atoms with Crippen LogP contribution in [0.15, 0.2) is 48.7 Å². The van der Waals surface area contributed by atoms with Crippen molar-refractivity contribution in [1.82, 2.24) is 10.3 Å². The van der Waals surface area contributed by atoms with Gasteiger partial charge in [0, 0.05) is 23.6 Å². The van der Waals surface area contributed by atoms with Crippen molar-refractivity contribution in [2.45, 2.75) is 13.3 Å². The number of phenols is 1. The summed E-state index contributed by atoms with van der Waals surface area (Å²) in [6, 6.07) is 12.6. The molecule has 26 heavy (non-hydrogen) atoms. The van der Waals surface area contributed by atoms with Gasteiger partial charge in [-0.25, -0.2) is 4.79 Å². The molecule has 0 aliphatic heterocycles. The monoisotopic (exact) mass is 352 g/mol. The summed E-state index contributed by atoms with van der Waals surface area (Å²) < 4.78 is 4.95. The lowest BCUT2D eigenvalue weighted by molar-refractivity contribution is -0.124. The number of benzene rings is 2. The molecular weight excluding hydrogens is 332 g/mol. The molecule has 134 valence electrons. The molecule has 0 radical (unpaired) electrons. The molecule has 0 spiro atoms. The maximum absolute atomic E-state index is 11.9. The molecule has 0 fully saturated rings. The zero-order chi connectivity index (χ0) is 18.5. The van der Waals surface area contributed by atoms with Gasteiger partial charge in [0.2, 0.25) is 0 Å². The summed E-state index contributed by atoms with van der Waals surface area (Å²) in [5, 5.41) is 13.6. The van der Waals surface area contributed by atoms with Gasteiger partial charge in [-0.2, -0.15) is 0 Å². The normalized spacial score (nSPS) is 10.7. The average molecular weight is 352 g/mol. The quantitative estimate of drug-likeness (QED) is 0.595. The number of carbonyl (C=O) groups is 2. The Labute approximate surface area is 150 Å². The molecule has 0 atom stereocenters. The molecule has 1 heterocycles. The molecule has 0 saturated carbocycles. The fourth-order valence-corrected chi connectivity index (χ4v) is 2.75. The Balaban J connectivity index is 1.46. The Morgan fingerprint density at radius 1 is 1.19 bits per heavy atom. The molecule has 0 unspecified atom stereocenters. The summed E-state index contributed by atoms with van der Waals surface area (Å²) in [7, 11) is 0. The highest BCUT2D eigenvalue weighted by Crippen LogP contribution is 2.19. The summed E-state index contributed by atoms with van der Waals surface area (Å²) in [6.45, 7) is 1.85. The first-order chi connectivity index (χ1) is 12.5. The van der Waals surface area contributed by atoms with Gasteiger partial charge in [-0.15, -0.1) is 0 Å². The second kappa shape index (κ2) is 7.74. The molecule has 3 aromatic rings. The number of carbonyl (C=O) groups excluding carboxylic acids is 2. The number of hydrogen-bond donors (Lipinski definition) is 3. The first-order valence-corrected chi connectivity index (χ1v) is 8.33. The topological polar surface area (TPSA) is 91.4 Å². The third-order valence-corrected chi connectivity index (χ3v) is 4.10. The van der Waals surface area contributed by atoms with E-state index in [1.165, 1.54) is 12.1 Å². The van der Waals surface area contributed by atoms with E-state index in [1.54, 1.807) is 13.0 Å². The molecule has 3 N–H and O–H groups in total. The van der Waals surface area contributed by atoms with Gasteiger partial charge in [0.1, 0.15) is 11.3 Å². The van der Waals surface area contributed by atoms with Crippen LogP contribution in [0.4, 0.5) is 0 Å². The van der Waals surface area contributed by atoms with Gasteiger partial charge >= 0.3 is 5.97 Å². The van der Waals surface area contributed by atoms with Crippen molar-refractivity contribution >= 4 is 22.8 Å². The van der Waals surface area contributed by atoms with Crippen LogP contribution in [0.2, 0.25) is 0 Å². The van der Waals surface area contributed by atoms with Crippen LogP contribution in [-0.2, 0) is 16.0 Å². The van der Waals surface area contributed by atoms with E-state index in [9.17, 15) is 14.7 Å². The van der Waals surface area contributed by atoms with E-state index in [1.807, 2.05) is 30.5 Å². The number of H-pyrrole nitrogens is 1. The van der Waals surface area contributed by atoms with E-state index in [4.69, 9.17) is 4.74 Å². The molecule has 0 saturated heterocycles. The first-order valence-electron chi connectivity index (χ1n) is 8.33. The Morgan fingerprint density at radius 2 is 2.00 bits per heavy atom. The van der Waals surface area contributed by atoms with Crippen LogP contribution in [0.1, 0.15) is 21.5 Å². The number of aryl methyl sites for hydroxylation is 1. The SMILES string of the molecule is Cc1ccc(C(=O)OCC(=O)NCCc2c[nH]c3ccccc23)c(O)c1. The van der Waals surface area contributed by atoms with Crippen molar-refractivity contribution in [2.24, 2.45) is 0 Å². The zero-order valence-electron chi connectivity index (χ0n) is 14.4. The number of esters is 1. The van der Waals surface area contributed by atoms with Gasteiger partial charge < -0.3 is 20.1 Å². The number of nitrogens with one attached hydrogen (secondary N) is 2. The maximum atomic E-state index is 11.9. The standard InChI is InChI=1S/C20H20N2O4/c1-13-6-7-16(18(23)10-13)20(25)26-12-19(24)21-9-8-14-11-22-17-5-3-2-4-15(14)17/h2-7,10-11,22-23H,8-9,12H2,1H3,(H,21,24). The van der Waals surface area contributed by atoms with E-state index >= 15 is 0 Å². The number of phenolic OH excluding ortho intramolecular Hbond substituents is 1. The predicted molar refractivity (Wildman–Crippen MR) is 98.1 cm³/mol. The summed E-state index contributed by atoms with van der Waals surface area (Å²) >= 11 is 0. The number of aromatic amines is 1. The van der Waals surface area contributed by atoms with Crippen molar-refractivity contribution in [1.29, 1.82) is 0 Å². The van der Waals surface area contributed by atoms with Gasteiger partial charge in [0.15, 0.2) is 6.61 Å². The van der Waals surface area contributed by atoms with Crippen LogP contribution in [0.25, 0.3) is 10.9 Å². The Morgan fingerprint density at radius 3 is 2.81 bits per heavy atom. The molecule has 6 nitrogen and oxygen atoms in total. The van der Waals surface area contributed by atoms with E-state index in [0.29, 0.717) is 13.0 Å². The van der Waals surface area contributed by atoms with Gasteiger partial charge in [-0.3, -0.25) is 4.79 Å². The second-order valence-corrected chi connectivity index (χ2v) is 6.06. The highest BCUT2D eigenvalue weighted by molar-refractivity contribution is 5.94. The van der Waals surface area contributed by atoms with Gasteiger partial charge in [0.25, 0.3) is 5.91 Å². The maximum Gasteiger partial charge on any atom is 0.342 e. The molecule has 0 aliphatic carbocycles. The third-order valence-electron chi connectivity index (χ3n) is 4.10. The number of aromatic hydroxyl groups is 1. The van der Waals surface area contributed by atoms with Crippen LogP contribution in [0.5, 0.6) is 5.75 Å². The largest absolute Gasteiger partial charge is 0.507 e. The molecule has 1 amide bonds. The Hall–Kier alpha value is -3.28. The molecule has 0 bridgehead atoms. The number of ether oxygens (including phenoxy) is 1. The van der Waals surface area contributed by atoms with Crippen LogP contribution in [0.3, 0.4) is 0 Å². The molecule has 3 rings (SSSR count). The molecule has 6 heteroatoms. The van der Waals surface area contributed by atoms with Gasteiger partial charge in [-0.05, 0) is 42.7 Å². The van der Waals surface area contributed by atoms with E-state index in [2.05, 4.69) is 10.3 Å². The number of hydrogen-bond acceptors (Lipinski definition) is 4. The lowest BCUT2D eigenvalue weighted by atomic mass is 10.1. The van der Waals surface area contributed by atoms with Crippen molar-refractivity contribution in [3.8, 4) is 5.75 Å². The summed E-state index contributed by atoms with van der Waals surface area (Å²) in [5.74, 6) is -1.27. The number of aromatic nitrogens is 1. The van der Waals surface area contributed by atoms with Crippen molar-refractivity contribution in [3.63, 3.8) is 0 Å². The van der Waals surface area contributed by atoms with Gasteiger partial charge in [-0.1, -0.05) is 24.3 Å². The van der Waals surface area contributed by atoms with E-state index in [0.717, 1.165) is 22.0 Å². The highest BCUT2D eigenvalue weighted by Gasteiger charge is 2.14. The molecule has 1 aromatic heterocycles. The second-order valence-electron chi connectivity index (χ2n) is 6.06. The lowest BCUT2D eigenvalue weighted by Gasteiger charge is -2.08. The van der Waals surface area contributed by atoms with Crippen molar-refractivity contribution in [2.75, 3.05) is 13.2 Å². The van der Waals surface area contributed by atoms with Crippen LogP contribution >= 0.6 is 0 Å². The molecular formula is C20H20N2O4. The van der Waals surface area contributed by atoms with Crippen LogP contribution in [-0.4, -0.2) is 35.1 Å². The van der Waals surface area contributed by atoms with Crippen LogP contribution < -0.4 is 5.32 Å². The lowest BCUT2D eigenvalue weighted by Crippen LogP contribution is -2.30. The average Bonchev–Trinajstić information content (AvgIpc) is 3.03. The Kier molecular flexibility index (Phi) is 5.22. The predicted octanol–water partition coefficient (Wildman–Crippen LogP) is 2.70. The Bertz CT molecular complexity index is 946. The zero-order valence-corrected chi connectivity index (χ0v) is 14.4. The molecule has 2 aromatic carbocycles. The fourth-order valence-electron chi connectivity index (χ4n) is 2.75. The number of rotatable bonds is 6. The highest BCUT2D eigenvalue weighted by atomic mass is 16.5. The van der Waals surface area contributed by atoms with Crippen molar-refractivity contribution < 1.29 is 19.4 Å².